The van der Waals surface area contributed by atoms with Crippen molar-refractivity contribution in [3.05, 3.63) is 65.3 Å². The van der Waals surface area contributed by atoms with Crippen LogP contribution in [-0.4, -0.2) is 15.2 Å². The van der Waals surface area contributed by atoms with Gasteiger partial charge in [0.2, 0.25) is 5.95 Å². The van der Waals surface area contributed by atoms with Crippen LogP contribution in [0.15, 0.2) is 48.7 Å². The Morgan fingerprint density at radius 1 is 0.913 bits per heavy atom. The minimum absolute atomic E-state index is 0.0343. The van der Waals surface area contributed by atoms with Crippen LogP contribution >= 0.6 is 11.6 Å². The van der Waals surface area contributed by atoms with Crippen LogP contribution in [-0.2, 0) is 0 Å². The highest BCUT2D eigenvalue weighted by Gasteiger charge is 2.10. The molecule has 0 saturated heterocycles. The number of nitrogens with zero attached hydrogens (tertiary/aromatic N) is 3. The molecule has 0 amide bonds. The minimum atomic E-state index is -0.746. The van der Waals surface area contributed by atoms with E-state index in [-0.39, 0.29) is 11.6 Å². The summed E-state index contributed by atoms with van der Waals surface area (Å²) < 4.78 is 27.2. The molecule has 0 aliphatic carbocycles. The van der Waals surface area contributed by atoms with Gasteiger partial charge in [0.15, 0.2) is 5.82 Å². The molecule has 1 aromatic heterocycles. The Morgan fingerprint density at radius 2 is 1.61 bits per heavy atom. The van der Waals surface area contributed by atoms with Crippen molar-refractivity contribution in [3.63, 3.8) is 0 Å². The average Bonchev–Trinajstić information content (AvgIpc) is 2.54. The summed E-state index contributed by atoms with van der Waals surface area (Å²) in [6, 6.07) is 10.5. The van der Waals surface area contributed by atoms with Gasteiger partial charge in [0.25, 0.3) is 0 Å². The fourth-order valence-corrected chi connectivity index (χ4v) is 1.95. The fourth-order valence-electron chi connectivity index (χ4n) is 1.83. The second kappa shape index (κ2) is 6.53. The van der Waals surface area contributed by atoms with E-state index in [1.807, 2.05) is 0 Å². The first kappa shape index (κ1) is 15.1. The van der Waals surface area contributed by atoms with Crippen molar-refractivity contribution in [2.75, 3.05) is 10.6 Å². The Balaban J connectivity index is 1.81. The van der Waals surface area contributed by atoms with Crippen molar-refractivity contribution in [2.45, 2.75) is 0 Å². The zero-order chi connectivity index (χ0) is 16.2. The molecule has 2 N–H and O–H groups in total. The summed E-state index contributed by atoms with van der Waals surface area (Å²) in [5.41, 5.74) is 0.399. The maximum Gasteiger partial charge on any atom is 0.249 e. The Morgan fingerprint density at radius 3 is 2.30 bits per heavy atom. The van der Waals surface area contributed by atoms with Crippen LogP contribution in [0.2, 0.25) is 5.02 Å². The average molecular weight is 334 g/mol. The van der Waals surface area contributed by atoms with Crippen molar-refractivity contribution in [2.24, 2.45) is 0 Å². The van der Waals surface area contributed by atoms with Gasteiger partial charge in [0, 0.05) is 10.7 Å². The Hall–Kier alpha value is -2.80. The summed E-state index contributed by atoms with van der Waals surface area (Å²) in [4.78, 5) is 4.11. The Kier molecular flexibility index (Phi) is 4.29. The summed E-state index contributed by atoms with van der Waals surface area (Å²) in [6.45, 7) is 0. The first-order valence-electron chi connectivity index (χ1n) is 6.55. The number of hydrogen-bond acceptors (Lipinski definition) is 5. The summed E-state index contributed by atoms with van der Waals surface area (Å²) in [6.07, 6.45) is 1.39. The van der Waals surface area contributed by atoms with Crippen molar-refractivity contribution in [3.8, 4) is 0 Å². The van der Waals surface area contributed by atoms with Crippen LogP contribution in [0.5, 0.6) is 0 Å². The number of hydrogen-bond donors (Lipinski definition) is 2. The van der Waals surface area contributed by atoms with Crippen LogP contribution in [0.1, 0.15) is 0 Å². The lowest BCUT2D eigenvalue weighted by molar-refractivity contribution is 0.590. The van der Waals surface area contributed by atoms with E-state index in [4.69, 9.17) is 11.6 Å². The smallest absolute Gasteiger partial charge is 0.249 e. The van der Waals surface area contributed by atoms with Crippen LogP contribution in [0.3, 0.4) is 0 Å². The first-order valence-corrected chi connectivity index (χ1v) is 6.93. The number of aromatic nitrogens is 3. The van der Waals surface area contributed by atoms with E-state index in [1.54, 1.807) is 24.3 Å². The molecule has 0 fully saturated rings. The molecule has 8 heteroatoms. The van der Waals surface area contributed by atoms with E-state index in [9.17, 15) is 8.78 Å². The topological polar surface area (TPSA) is 62.7 Å². The van der Waals surface area contributed by atoms with Crippen molar-refractivity contribution < 1.29 is 8.78 Å². The molecule has 1 heterocycles. The lowest BCUT2D eigenvalue weighted by Gasteiger charge is -2.09. The molecule has 0 aliphatic rings. The van der Waals surface area contributed by atoms with Gasteiger partial charge in [-0.05, 0) is 36.4 Å². The molecule has 0 atom stereocenters. The fraction of sp³-hybridized carbons (Fsp3) is 0. The zero-order valence-electron chi connectivity index (χ0n) is 11.6. The normalized spacial score (nSPS) is 10.4. The molecule has 0 unspecified atom stereocenters. The highest BCUT2D eigenvalue weighted by atomic mass is 35.5. The third-order valence-corrected chi connectivity index (χ3v) is 3.13. The zero-order valence-corrected chi connectivity index (χ0v) is 12.4. The van der Waals surface area contributed by atoms with Crippen LogP contribution in [0.4, 0.5) is 31.9 Å². The molecule has 5 nitrogen and oxygen atoms in total. The number of anilines is 4. The maximum absolute atomic E-state index is 13.6. The standard InChI is InChI=1S/C15H10ClF2N5/c16-9-4-6-10(7-5-9)20-13-8-19-23-15(21-13)22-14-11(17)2-1-3-12(14)18/h1-8H,(H2,20,21,22,23). The highest BCUT2D eigenvalue weighted by molar-refractivity contribution is 6.30. The lowest BCUT2D eigenvalue weighted by Crippen LogP contribution is -2.04. The second-order valence-corrected chi connectivity index (χ2v) is 4.96. The molecule has 3 rings (SSSR count). The van der Waals surface area contributed by atoms with E-state index in [1.165, 1.54) is 12.3 Å². The van der Waals surface area contributed by atoms with Crippen molar-refractivity contribution >= 4 is 34.7 Å². The summed E-state index contributed by atoms with van der Waals surface area (Å²) >= 11 is 5.81. The van der Waals surface area contributed by atoms with E-state index in [2.05, 4.69) is 25.8 Å². The van der Waals surface area contributed by atoms with Crippen molar-refractivity contribution in [1.29, 1.82) is 0 Å². The van der Waals surface area contributed by atoms with Gasteiger partial charge in [0.1, 0.15) is 17.3 Å². The van der Waals surface area contributed by atoms with E-state index >= 15 is 0 Å². The van der Waals surface area contributed by atoms with E-state index in [0.29, 0.717) is 10.8 Å². The summed E-state index contributed by atoms with van der Waals surface area (Å²) in [7, 11) is 0. The van der Waals surface area contributed by atoms with Gasteiger partial charge >= 0.3 is 0 Å². The Labute approximate surface area is 135 Å². The number of halogens is 3. The third kappa shape index (κ3) is 3.70. The molecule has 0 radical (unpaired) electrons. The first-order chi connectivity index (χ1) is 11.1. The molecule has 0 bridgehead atoms. The number of nitrogens with one attached hydrogen (secondary N) is 2. The largest absolute Gasteiger partial charge is 0.339 e. The SMILES string of the molecule is Fc1cccc(F)c1Nc1nncc(Nc2ccc(Cl)cc2)n1. The van der Waals surface area contributed by atoms with Crippen molar-refractivity contribution in [1.82, 2.24) is 15.2 Å². The maximum atomic E-state index is 13.6. The molecule has 2 aromatic carbocycles. The van der Waals surface area contributed by atoms with Crippen LogP contribution in [0, 0.1) is 11.6 Å². The summed E-state index contributed by atoms with van der Waals surface area (Å²) in [5, 5.41) is 13.5. The molecular formula is C15H10ClF2N5. The van der Waals surface area contributed by atoms with Gasteiger partial charge in [-0.2, -0.15) is 10.1 Å². The van der Waals surface area contributed by atoms with Gasteiger partial charge in [-0.25, -0.2) is 8.78 Å². The van der Waals surface area contributed by atoms with Crippen LogP contribution < -0.4 is 10.6 Å². The van der Waals surface area contributed by atoms with Gasteiger partial charge in [-0.1, -0.05) is 17.7 Å². The van der Waals surface area contributed by atoms with E-state index in [0.717, 1.165) is 17.8 Å². The molecule has 0 saturated carbocycles. The molecule has 0 aliphatic heterocycles. The second-order valence-electron chi connectivity index (χ2n) is 4.52. The van der Waals surface area contributed by atoms with Gasteiger partial charge in [-0.3, -0.25) is 0 Å². The van der Waals surface area contributed by atoms with Crippen LogP contribution in [0.25, 0.3) is 0 Å². The lowest BCUT2D eigenvalue weighted by atomic mass is 10.3. The molecule has 116 valence electrons. The predicted octanol–water partition coefficient (Wildman–Crippen LogP) is 4.29. The molecule has 23 heavy (non-hydrogen) atoms. The number of para-hydroxylation sites is 1. The summed E-state index contributed by atoms with van der Waals surface area (Å²) in [5.74, 6) is -1.16. The van der Waals surface area contributed by atoms with Gasteiger partial charge in [0.05, 0.1) is 6.20 Å². The monoisotopic (exact) mass is 333 g/mol. The Bertz CT molecular complexity index is 806. The highest BCUT2D eigenvalue weighted by Crippen LogP contribution is 2.22. The molecular weight excluding hydrogens is 324 g/mol. The quantitative estimate of drug-likeness (QED) is 0.745. The predicted molar refractivity (Wildman–Crippen MR) is 84.2 cm³/mol. The third-order valence-electron chi connectivity index (χ3n) is 2.88. The van der Waals surface area contributed by atoms with E-state index < -0.39 is 11.6 Å². The number of rotatable bonds is 4. The van der Waals surface area contributed by atoms with Gasteiger partial charge in [-0.15, -0.1) is 5.10 Å². The molecule has 3 aromatic rings. The number of benzene rings is 2. The molecule has 0 spiro atoms. The van der Waals surface area contributed by atoms with Gasteiger partial charge < -0.3 is 10.6 Å². The minimum Gasteiger partial charge on any atom is -0.339 e.